The van der Waals surface area contributed by atoms with Gasteiger partial charge >= 0.3 is 0 Å². The zero-order chi connectivity index (χ0) is 16.7. The number of amides is 1. The van der Waals surface area contributed by atoms with Gasteiger partial charge in [0.1, 0.15) is 12.4 Å². The van der Waals surface area contributed by atoms with Crippen LogP contribution in [0.1, 0.15) is 53.7 Å². The van der Waals surface area contributed by atoms with Crippen LogP contribution in [-0.2, 0) is 19.4 Å². The molecule has 0 spiro atoms. The first-order valence-corrected chi connectivity index (χ1v) is 8.28. The lowest BCUT2D eigenvalue weighted by Crippen LogP contribution is -2.13. The number of hydrogen-bond donors (Lipinski definition) is 1. The second kappa shape index (κ2) is 8.37. The Labute approximate surface area is 138 Å². The zero-order valence-corrected chi connectivity index (χ0v) is 14.0. The van der Waals surface area contributed by atoms with Gasteiger partial charge in [0.2, 0.25) is 5.91 Å². The zero-order valence-electron chi connectivity index (χ0n) is 14.0. The molecule has 3 nitrogen and oxygen atoms in total. The van der Waals surface area contributed by atoms with E-state index in [1.165, 1.54) is 0 Å². The molecule has 2 N–H and O–H groups in total. The molecule has 122 valence electrons. The molecule has 0 saturated carbocycles. The van der Waals surface area contributed by atoms with Crippen LogP contribution >= 0.6 is 0 Å². The Morgan fingerprint density at radius 1 is 1.00 bits per heavy atom. The van der Waals surface area contributed by atoms with Gasteiger partial charge in [0.05, 0.1) is 0 Å². The van der Waals surface area contributed by atoms with Crippen molar-refractivity contribution in [1.82, 2.24) is 0 Å². The van der Waals surface area contributed by atoms with Crippen molar-refractivity contribution >= 4 is 5.91 Å². The predicted octanol–water partition coefficient (Wildman–Crippen LogP) is 4.27. The molecule has 23 heavy (non-hydrogen) atoms. The van der Waals surface area contributed by atoms with Crippen LogP contribution in [0.25, 0.3) is 0 Å². The van der Waals surface area contributed by atoms with Gasteiger partial charge in [-0.15, -0.1) is 0 Å². The SMILES string of the molecule is CCCc1cc(C(N)=O)cc(CCC)c1OCc1ccccc1. The molecule has 0 unspecified atom stereocenters. The van der Waals surface area contributed by atoms with E-state index in [-0.39, 0.29) is 5.91 Å². The van der Waals surface area contributed by atoms with E-state index in [4.69, 9.17) is 10.5 Å². The number of aryl methyl sites for hydroxylation is 2. The Bertz CT molecular complexity index is 623. The summed E-state index contributed by atoms with van der Waals surface area (Å²) < 4.78 is 6.14. The number of benzene rings is 2. The van der Waals surface area contributed by atoms with Crippen LogP contribution in [0.4, 0.5) is 0 Å². The first-order chi connectivity index (χ1) is 11.2. The van der Waals surface area contributed by atoms with Crippen LogP contribution in [0.15, 0.2) is 42.5 Å². The number of rotatable bonds is 8. The molecule has 3 heteroatoms. The van der Waals surface area contributed by atoms with Crippen molar-refractivity contribution in [2.24, 2.45) is 5.73 Å². The van der Waals surface area contributed by atoms with Crippen LogP contribution in [0.3, 0.4) is 0 Å². The Balaban J connectivity index is 2.35. The van der Waals surface area contributed by atoms with Crippen LogP contribution < -0.4 is 10.5 Å². The Kier molecular flexibility index (Phi) is 6.21. The average Bonchev–Trinajstić information content (AvgIpc) is 2.55. The molecular formula is C20H25NO2. The Morgan fingerprint density at radius 3 is 2.04 bits per heavy atom. The third-order valence-corrected chi connectivity index (χ3v) is 3.79. The third kappa shape index (κ3) is 4.59. The highest BCUT2D eigenvalue weighted by Gasteiger charge is 2.14. The monoisotopic (exact) mass is 311 g/mol. The minimum Gasteiger partial charge on any atom is -0.488 e. The molecule has 0 aromatic heterocycles. The normalized spacial score (nSPS) is 10.5. The van der Waals surface area contributed by atoms with Gasteiger partial charge in [0.25, 0.3) is 0 Å². The fourth-order valence-corrected chi connectivity index (χ4v) is 2.72. The van der Waals surface area contributed by atoms with Gasteiger partial charge in [0, 0.05) is 5.56 Å². The lowest BCUT2D eigenvalue weighted by atomic mass is 9.97. The van der Waals surface area contributed by atoms with E-state index in [0.29, 0.717) is 12.2 Å². The summed E-state index contributed by atoms with van der Waals surface area (Å²) in [6.45, 7) is 4.78. The average molecular weight is 311 g/mol. The van der Waals surface area contributed by atoms with Gasteiger partial charge < -0.3 is 10.5 Å². The van der Waals surface area contributed by atoms with E-state index in [9.17, 15) is 4.79 Å². The number of carbonyl (C=O) groups is 1. The maximum Gasteiger partial charge on any atom is 0.248 e. The van der Waals surface area contributed by atoms with Crippen molar-refractivity contribution in [3.63, 3.8) is 0 Å². The minimum absolute atomic E-state index is 0.380. The van der Waals surface area contributed by atoms with Crippen LogP contribution in [0, 0.1) is 0 Å². The largest absolute Gasteiger partial charge is 0.488 e. The lowest BCUT2D eigenvalue weighted by Gasteiger charge is -2.17. The van der Waals surface area contributed by atoms with Crippen LogP contribution in [-0.4, -0.2) is 5.91 Å². The van der Waals surface area contributed by atoms with Crippen molar-refractivity contribution in [3.05, 3.63) is 64.7 Å². The maximum absolute atomic E-state index is 11.6. The molecule has 2 rings (SSSR count). The van der Waals surface area contributed by atoms with E-state index in [1.54, 1.807) is 0 Å². The summed E-state index contributed by atoms with van der Waals surface area (Å²) in [6, 6.07) is 13.9. The van der Waals surface area contributed by atoms with Crippen molar-refractivity contribution < 1.29 is 9.53 Å². The van der Waals surface area contributed by atoms with Gasteiger partial charge in [-0.2, -0.15) is 0 Å². The summed E-state index contributed by atoms with van der Waals surface area (Å²) in [5, 5.41) is 0. The molecule has 0 fully saturated rings. The van der Waals surface area contributed by atoms with Crippen molar-refractivity contribution in [2.75, 3.05) is 0 Å². The Hall–Kier alpha value is -2.29. The van der Waals surface area contributed by atoms with Gasteiger partial charge in [-0.3, -0.25) is 4.79 Å². The van der Waals surface area contributed by atoms with E-state index in [2.05, 4.69) is 26.0 Å². The van der Waals surface area contributed by atoms with Gasteiger partial charge in [0.15, 0.2) is 0 Å². The summed E-state index contributed by atoms with van der Waals surface area (Å²) in [7, 11) is 0. The van der Waals surface area contributed by atoms with Gasteiger partial charge in [-0.25, -0.2) is 0 Å². The first kappa shape index (κ1) is 17.1. The summed E-state index contributed by atoms with van der Waals surface area (Å²) >= 11 is 0. The molecule has 0 saturated heterocycles. The fraction of sp³-hybridized carbons (Fsp3) is 0.350. The van der Waals surface area contributed by atoms with Crippen LogP contribution in [0.5, 0.6) is 5.75 Å². The molecule has 0 atom stereocenters. The molecule has 0 aliphatic heterocycles. The molecule has 0 heterocycles. The van der Waals surface area contributed by atoms with Crippen molar-refractivity contribution in [2.45, 2.75) is 46.1 Å². The molecule has 2 aromatic rings. The summed E-state index contributed by atoms with van der Waals surface area (Å²) in [4.78, 5) is 11.6. The second-order valence-corrected chi connectivity index (χ2v) is 5.76. The fourth-order valence-electron chi connectivity index (χ4n) is 2.72. The molecule has 0 aliphatic carbocycles. The molecular weight excluding hydrogens is 286 g/mol. The highest BCUT2D eigenvalue weighted by molar-refractivity contribution is 5.93. The summed E-state index contributed by atoms with van der Waals surface area (Å²) in [5.74, 6) is 0.539. The number of primary amides is 1. The van der Waals surface area contributed by atoms with E-state index >= 15 is 0 Å². The molecule has 1 amide bonds. The standard InChI is InChI=1S/C20H25NO2/c1-3-8-16-12-18(20(21)22)13-17(9-4-2)19(16)23-14-15-10-6-5-7-11-15/h5-7,10-13H,3-4,8-9,14H2,1-2H3,(H2,21,22). The lowest BCUT2D eigenvalue weighted by molar-refractivity contribution is 0.1000. The maximum atomic E-state index is 11.6. The van der Waals surface area contributed by atoms with E-state index in [1.807, 2.05) is 30.3 Å². The first-order valence-electron chi connectivity index (χ1n) is 8.28. The van der Waals surface area contributed by atoms with Crippen LogP contribution in [0.2, 0.25) is 0 Å². The smallest absolute Gasteiger partial charge is 0.248 e. The molecule has 0 bridgehead atoms. The number of nitrogens with two attached hydrogens (primary N) is 1. The minimum atomic E-state index is -0.380. The van der Waals surface area contributed by atoms with E-state index < -0.39 is 0 Å². The van der Waals surface area contributed by atoms with E-state index in [0.717, 1.165) is 48.1 Å². The predicted molar refractivity (Wildman–Crippen MR) is 93.7 cm³/mol. The Morgan fingerprint density at radius 2 is 1.57 bits per heavy atom. The summed E-state index contributed by atoms with van der Waals surface area (Å²) in [6.07, 6.45) is 3.74. The quantitative estimate of drug-likeness (QED) is 0.791. The molecule has 0 radical (unpaired) electrons. The number of hydrogen-bond acceptors (Lipinski definition) is 2. The molecule has 0 aliphatic rings. The number of carbonyl (C=O) groups excluding carboxylic acids is 1. The summed E-state index contributed by atoms with van der Waals surface area (Å²) in [5.41, 5.74) is 9.33. The number of ether oxygens (including phenoxy) is 1. The van der Waals surface area contributed by atoms with Gasteiger partial charge in [-0.05, 0) is 41.7 Å². The van der Waals surface area contributed by atoms with Crippen molar-refractivity contribution in [1.29, 1.82) is 0 Å². The second-order valence-electron chi connectivity index (χ2n) is 5.76. The highest BCUT2D eigenvalue weighted by atomic mass is 16.5. The van der Waals surface area contributed by atoms with Gasteiger partial charge in [-0.1, -0.05) is 57.0 Å². The topological polar surface area (TPSA) is 52.3 Å². The van der Waals surface area contributed by atoms with Crippen molar-refractivity contribution in [3.8, 4) is 5.75 Å². The highest BCUT2D eigenvalue weighted by Crippen LogP contribution is 2.29. The third-order valence-electron chi connectivity index (χ3n) is 3.79. The molecule has 2 aromatic carbocycles.